The summed E-state index contributed by atoms with van der Waals surface area (Å²) in [6.07, 6.45) is 1.48. The van der Waals surface area contributed by atoms with Crippen LogP contribution in [0.25, 0.3) is 0 Å². The number of nitriles is 1. The van der Waals surface area contributed by atoms with Gasteiger partial charge in [-0.2, -0.15) is 10.4 Å². The number of hydrogen-bond donors (Lipinski definition) is 1. The summed E-state index contributed by atoms with van der Waals surface area (Å²) in [5.74, 6) is 0.466. The Morgan fingerprint density at radius 2 is 2.42 bits per heavy atom. The van der Waals surface area contributed by atoms with Gasteiger partial charge in [0.15, 0.2) is 5.82 Å². The van der Waals surface area contributed by atoms with Crippen LogP contribution in [0.1, 0.15) is 5.56 Å². The Labute approximate surface area is 111 Å². The zero-order valence-electron chi connectivity index (χ0n) is 11.0. The number of rotatable bonds is 2. The van der Waals surface area contributed by atoms with E-state index in [0.717, 1.165) is 6.54 Å². The number of anilines is 1. The normalized spacial score (nSPS) is 18.8. The van der Waals surface area contributed by atoms with Crippen LogP contribution in [0.5, 0.6) is 0 Å². The quantitative estimate of drug-likeness (QED) is 0.750. The number of nitrogens with zero attached hydrogens (tertiary/aromatic N) is 5. The van der Waals surface area contributed by atoms with Crippen LogP contribution in [0, 0.1) is 11.3 Å². The minimum absolute atomic E-state index is 0.0123. The molecule has 19 heavy (non-hydrogen) atoms. The molecule has 0 saturated carbocycles. The average molecular weight is 260 g/mol. The van der Waals surface area contributed by atoms with Crippen LogP contribution in [0.4, 0.5) is 5.82 Å². The van der Waals surface area contributed by atoms with Crippen molar-refractivity contribution < 1.29 is 4.79 Å². The fraction of sp³-hybridized carbons (Fsp3) is 0.500. The van der Waals surface area contributed by atoms with Gasteiger partial charge in [-0.25, -0.2) is 0 Å². The SMILES string of the molecule is CN(C)C(=O)C1CNCCN1c1nnccc1C#N. The Morgan fingerprint density at radius 1 is 1.63 bits per heavy atom. The van der Waals surface area contributed by atoms with E-state index in [9.17, 15) is 4.79 Å². The highest BCUT2D eigenvalue weighted by atomic mass is 16.2. The number of carbonyl (C=O) groups excluding carboxylic acids is 1. The molecule has 1 N–H and O–H groups in total. The van der Waals surface area contributed by atoms with E-state index in [0.29, 0.717) is 24.5 Å². The van der Waals surface area contributed by atoms with Gasteiger partial charge in [-0.1, -0.05) is 0 Å². The van der Waals surface area contributed by atoms with Crippen molar-refractivity contribution >= 4 is 11.7 Å². The number of amides is 1. The van der Waals surface area contributed by atoms with Crippen LogP contribution >= 0.6 is 0 Å². The Bertz CT molecular complexity index is 509. The summed E-state index contributed by atoms with van der Waals surface area (Å²) in [4.78, 5) is 15.6. The van der Waals surface area contributed by atoms with Gasteiger partial charge < -0.3 is 15.1 Å². The molecular formula is C12H16N6O. The van der Waals surface area contributed by atoms with E-state index in [4.69, 9.17) is 5.26 Å². The molecule has 1 aliphatic heterocycles. The summed E-state index contributed by atoms with van der Waals surface area (Å²) in [5, 5.41) is 20.2. The van der Waals surface area contributed by atoms with Crippen molar-refractivity contribution in [2.45, 2.75) is 6.04 Å². The van der Waals surface area contributed by atoms with Crippen molar-refractivity contribution in [3.8, 4) is 6.07 Å². The first kappa shape index (κ1) is 13.2. The van der Waals surface area contributed by atoms with Gasteiger partial charge in [0.05, 0.1) is 11.8 Å². The molecule has 1 fully saturated rings. The Balaban J connectivity index is 2.35. The second kappa shape index (κ2) is 5.63. The Kier molecular flexibility index (Phi) is 3.92. The summed E-state index contributed by atoms with van der Waals surface area (Å²) < 4.78 is 0. The van der Waals surface area contributed by atoms with Gasteiger partial charge in [0.2, 0.25) is 5.91 Å². The molecule has 7 heteroatoms. The molecule has 1 aliphatic rings. The van der Waals surface area contributed by atoms with Crippen molar-refractivity contribution in [3.05, 3.63) is 17.8 Å². The molecule has 0 bridgehead atoms. The number of likely N-dealkylation sites (N-methyl/N-ethyl adjacent to an activating group) is 1. The second-order valence-corrected chi connectivity index (χ2v) is 4.53. The van der Waals surface area contributed by atoms with E-state index in [1.54, 1.807) is 25.1 Å². The van der Waals surface area contributed by atoms with Gasteiger partial charge in [0.25, 0.3) is 0 Å². The lowest BCUT2D eigenvalue weighted by atomic mass is 10.1. The van der Waals surface area contributed by atoms with Crippen LogP contribution in [0.3, 0.4) is 0 Å². The zero-order chi connectivity index (χ0) is 13.8. The highest BCUT2D eigenvalue weighted by Crippen LogP contribution is 2.19. The van der Waals surface area contributed by atoms with Crippen molar-refractivity contribution in [2.75, 3.05) is 38.6 Å². The van der Waals surface area contributed by atoms with E-state index in [1.807, 2.05) is 4.90 Å². The third kappa shape index (κ3) is 2.63. The largest absolute Gasteiger partial charge is 0.347 e. The molecule has 1 saturated heterocycles. The van der Waals surface area contributed by atoms with E-state index in [2.05, 4.69) is 21.6 Å². The van der Waals surface area contributed by atoms with Crippen molar-refractivity contribution in [2.24, 2.45) is 0 Å². The fourth-order valence-corrected chi connectivity index (χ4v) is 2.10. The molecular weight excluding hydrogens is 244 g/mol. The van der Waals surface area contributed by atoms with E-state index in [1.165, 1.54) is 6.20 Å². The second-order valence-electron chi connectivity index (χ2n) is 4.53. The maximum Gasteiger partial charge on any atom is 0.246 e. The Morgan fingerprint density at radius 3 is 3.11 bits per heavy atom. The number of piperazine rings is 1. The fourth-order valence-electron chi connectivity index (χ4n) is 2.10. The third-order valence-corrected chi connectivity index (χ3v) is 3.06. The molecule has 1 atom stereocenters. The molecule has 0 radical (unpaired) electrons. The van der Waals surface area contributed by atoms with Gasteiger partial charge in [-0.05, 0) is 6.07 Å². The molecule has 0 aliphatic carbocycles. The van der Waals surface area contributed by atoms with Crippen LogP contribution in [-0.4, -0.2) is 60.8 Å². The molecule has 0 aromatic carbocycles. The summed E-state index contributed by atoms with van der Waals surface area (Å²) in [5.41, 5.74) is 0.438. The summed E-state index contributed by atoms with van der Waals surface area (Å²) >= 11 is 0. The molecule has 7 nitrogen and oxygen atoms in total. The van der Waals surface area contributed by atoms with Gasteiger partial charge >= 0.3 is 0 Å². The molecule has 2 rings (SSSR count). The molecule has 1 amide bonds. The van der Waals surface area contributed by atoms with Gasteiger partial charge in [-0.3, -0.25) is 4.79 Å². The summed E-state index contributed by atoms with van der Waals surface area (Å²) in [7, 11) is 3.44. The molecule has 1 aromatic rings. The average Bonchev–Trinajstić information content (AvgIpc) is 2.46. The highest BCUT2D eigenvalue weighted by molar-refractivity contribution is 5.85. The van der Waals surface area contributed by atoms with Crippen LogP contribution in [0.15, 0.2) is 12.3 Å². The predicted molar refractivity (Wildman–Crippen MR) is 69.4 cm³/mol. The monoisotopic (exact) mass is 260 g/mol. The van der Waals surface area contributed by atoms with E-state index in [-0.39, 0.29) is 11.9 Å². The molecule has 0 spiro atoms. The molecule has 1 unspecified atom stereocenters. The lowest BCUT2D eigenvalue weighted by molar-refractivity contribution is -0.130. The van der Waals surface area contributed by atoms with Crippen molar-refractivity contribution in [1.29, 1.82) is 5.26 Å². The number of nitrogens with one attached hydrogen (secondary N) is 1. The van der Waals surface area contributed by atoms with Crippen LogP contribution < -0.4 is 10.2 Å². The van der Waals surface area contributed by atoms with E-state index < -0.39 is 0 Å². The van der Waals surface area contributed by atoms with Gasteiger partial charge in [0.1, 0.15) is 12.1 Å². The summed E-state index contributed by atoms with van der Waals surface area (Å²) in [6, 6.07) is 3.35. The highest BCUT2D eigenvalue weighted by Gasteiger charge is 2.32. The maximum absolute atomic E-state index is 12.2. The summed E-state index contributed by atoms with van der Waals surface area (Å²) in [6.45, 7) is 1.91. The van der Waals surface area contributed by atoms with Crippen LogP contribution in [0.2, 0.25) is 0 Å². The topological polar surface area (TPSA) is 85.2 Å². The van der Waals surface area contributed by atoms with Crippen molar-refractivity contribution in [3.63, 3.8) is 0 Å². The standard InChI is InChI=1S/C12H16N6O/c1-17(2)12(19)10-8-14-5-6-18(10)11-9(7-13)3-4-15-16-11/h3-4,10,14H,5-6,8H2,1-2H3. The number of aromatic nitrogens is 2. The third-order valence-electron chi connectivity index (χ3n) is 3.06. The zero-order valence-corrected chi connectivity index (χ0v) is 11.0. The molecule has 100 valence electrons. The van der Waals surface area contributed by atoms with Crippen molar-refractivity contribution in [1.82, 2.24) is 20.4 Å². The van der Waals surface area contributed by atoms with E-state index >= 15 is 0 Å². The smallest absolute Gasteiger partial charge is 0.246 e. The van der Waals surface area contributed by atoms with Gasteiger partial charge in [0, 0.05) is 33.7 Å². The first-order valence-electron chi connectivity index (χ1n) is 6.05. The minimum atomic E-state index is -0.354. The lowest BCUT2D eigenvalue weighted by Crippen LogP contribution is -2.58. The first-order valence-corrected chi connectivity index (χ1v) is 6.05. The minimum Gasteiger partial charge on any atom is -0.347 e. The lowest BCUT2D eigenvalue weighted by Gasteiger charge is -2.37. The Hall–Kier alpha value is -2.20. The number of hydrogen-bond acceptors (Lipinski definition) is 6. The van der Waals surface area contributed by atoms with Crippen LogP contribution in [-0.2, 0) is 4.79 Å². The first-order chi connectivity index (χ1) is 9.15. The van der Waals surface area contributed by atoms with Gasteiger partial charge in [-0.15, -0.1) is 5.10 Å². The maximum atomic E-state index is 12.2. The number of carbonyl (C=O) groups is 1. The molecule has 2 heterocycles. The molecule has 1 aromatic heterocycles. The predicted octanol–water partition coefficient (Wildman–Crippen LogP) is -0.785.